The molecular formula is C19H24FIN4O2. The summed E-state index contributed by atoms with van der Waals surface area (Å²) in [6.07, 6.45) is 0.200. The molecule has 0 aliphatic rings. The van der Waals surface area contributed by atoms with E-state index in [4.69, 9.17) is 0 Å². The summed E-state index contributed by atoms with van der Waals surface area (Å²) in [6, 6.07) is 14.0. The summed E-state index contributed by atoms with van der Waals surface area (Å²) in [5, 5.41) is 9.00. The zero-order valence-corrected chi connectivity index (χ0v) is 17.6. The van der Waals surface area contributed by atoms with Crippen molar-refractivity contribution in [3.63, 3.8) is 0 Å². The van der Waals surface area contributed by atoms with E-state index in [1.807, 2.05) is 18.2 Å². The highest BCUT2D eigenvalue weighted by Gasteiger charge is 2.02. The van der Waals surface area contributed by atoms with E-state index in [9.17, 15) is 9.18 Å². The maximum absolute atomic E-state index is 13.2. The van der Waals surface area contributed by atoms with Crippen molar-refractivity contribution in [2.24, 2.45) is 4.99 Å². The van der Waals surface area contributed by atoms with Crippen LogP contribution in [0.5, 0.6) is 0 Å². The molecule has 2 aromatic rings. The van der Waals surface area contributed by atoms with E-state index in [-0.39, 0.29) is 29.8 Å². The number of carbonyl (C=O) groups excluding carboxylic acids is 1. The molecule has 0 spiro atoms. The first-order chi connectivity index (χ1) is 12.6. The lowest BCUT2D eigenvalue weighted by Crippen LogP contribution is -2.37. The average molecular weight is 486 g/mol. The van der Waals surface area contributed by atoms with Gasteiger partial charge in [-0.3, -0.25) is 10.3 Å². The summed E-state index contributed by atoms with van der Waals surface area (Å²) in [5.41, 5.74) is 2.63. The number of halogens is 2. The minimum atomic E-state index is -0.501. The average Bonchev–Trinajstić information content (AvgIpc) is 2.65. The van der Waals surface area contributed by atoms with Crippen LogP contribution in [0.15, 0.2) is 53.5 Å². The third-order valence-electron chi connectivity index (χ3n) is 3.66. The fraction of sp³-hybridized carbons (Fsp3) is 0.263. The summed E-state index contributed by atoms with van der Waals surface area (Å²) >= 11 is 0. The number of guanidine groups is 1. The zero-order valence-electron chi connectivity index (χ0n) is 15.3. The van der Waals surface area contributed by atoms with E-state index < -0.39 is 6.09 Å². The van der Waals surface area contributed by atoms with Gasteiger partial charge in [-0.25, -0.2) is 9.18 Å². The molecule has 0 atom stereocenters. The highest BCUT2D eigenvalue weighted by Crippen LogP contribution is 2.09. The molecule has 3 N–H and O–H groups in total. The van der Waals surface area contributed by atoms with Crippen molar-refractivity contribution in [2.75, 3.05) is 26.0 Å². The summed E-state index contributed by atoms with van der Waals surface area (Å²) in [7, 11) is 3.02. The lowest BCUT2D eigenvalue weighted by Gasteiger charge is -2.12. The molecule has 0 unspecified atom stereocenters. The van der Waals surface area contributed by atoms with Gasteiger partial charge in [0.15, 0.2) is 5.96 Å². The Hall–Kier alpha value is -2.36. The van der Waals surface area contributed by atoms with Crippen molar-refractivity contribution in [2.45, 2.75) is 13.0 Å². The number of amides is 1. The number of benzene rings is 2. The van der Waals surface area contributed by atoms with Gasteiger partial charge in [0, 0.05) is 25.8 Å². The first-order valence-corrected chi connectivity index (χ1v) is 8.23. The molecule has 2 aromatic carbocycles. The Morgan fingerprint density at radius 2 is 1.85 bits per heavy atom. The molecule has 27 heavy (non-hydrogen) atoms. The Kier molecular flexibility index (Phi) is 10.2. The number of hydrogen-bond acceptors (Lipinski definition) is 3. The maximum Gasteiger partial charge on any atom is 0.411 e. The van der Waals surface area contributed by atoms with Crippen molar-refractivity contribution < 1.29 is 13.9 Å². The summed E-state index contributed by atoms with van der Waals surface area (Å²) in [6.45, 7) is 1.23. The van der Waals surface area contributed by atoms with Gasteiger partial charge in [-0.05, 0) is 41.8 Å². The van der Waals surface area contributed by atoms with Crippen molar-refractivity contribution >= 4 is 41.7 Å². The molecule has 6 nitrogen and oxygen atoms in total. The van der Waals surface area contributed by atoms with Crippen LogP contribution in [0.25, 0.3) is 0 Å². The van der Waals surface area contributed by atoms with Crippen molar-refractivity contribution in [1.29, 1.82) is 0 Å². The Balaban J connectivity index is 0.00000364. The van der Waals surface area contributed by atoms with E-state index in [1.165, 1.54) is 19.2 Å². The first kappa shape index (κ1) is 22.7. The molecule has 146 valence electrons. The molecule has 1 amide bonds. The number of anilines is 1. The number of ether oxygens (including phenoxy) is 1. The lowest BCUT2D eigenvalue weighted by molar-refractivity contribution is 0.187. The number of nitrogens with zero attached hydrogens (tertiary/aromatic N) is 1. The summed E-state index contributed by atoms with van der Waals surface area (Å²) in [5.74, 6) is 0.438. The van der Waals surface area contributed by atoms with Crippen LogP contribution in [0.3, 0.4) is 0 Å². The predicted molar refractivity (Wildman–Crippen MR) is 116 cm³/mol. The van der Waals surface area contributed by atoms with Gasteiger partial charge >= 0.3 is 6.09 Å². The SMILES string of the molecule is CN=C(NCCc1cccc(F)c1)NCc1ccc(NC(=O)OC)cc1.I. The van der Waals surface area contributed by atoms with Gasteiger partial charge in [0.2, 0.25) is 0 Å². The van der Waals surface area contributed by atoms with Gasteiger partial charge in [-0.15, -0.1) is 24.0 Å². The van der Waals surface area contributed by atoms with Gasteiger partial charge < -0.3 is 15.4 Å². The fourth-order valence-corrected chi connectivity index (χ4v) is 2.30. The fourth-order valence-electron chi connectivity index (χ4n) is 2.30. The van der Waals surface area contributed by atoms with Crippen LogP contribution in [-0.2, 0) is 17.7 Å². The minimum absolute atomic E-state index is 0. The quantitative estimate of drug-likeness (QED) is 0.332. The molecule has 0 aromatic heterocycles. The van der Waals surface area contributed by atoms with Gasteiger partial charge in [0.05, 0.1) is 7.11 Å². The Morgan fingerprint density at radius 3 is 2.48 bits per heavy atom. The molecule has 0 saturated heterocycles. The molecule has 0 fully saturated rings. The van der Waals surface area contributed by atoms with E-state index in [2.05, 4.69) is 25.7 Å². The second kappa shape index (κ2) is 12.1. The van der Waals surface area contributed by atoms with Crippen molar-refractivity contribution in [1.82, 2.24) is 10.6 Å². The van der Waals surface area contributed by atoms with Crippen LogP contribution in [0.4, 0.5) is 14.9 Å². The topological polar surface area (TPSA) is 74.8 Å². The second-order valence-corrected chi connectivity index (χ2v) is 5.55. The highest BCUT2D eigenvalue weighted by atomic mass is 127. The highest BCUT2D eigenvalue weighted by molar-refractivity contribution is 14.0. The van der Waals surface area contributed by atoms with E-state index in [0.717, 1.165) is 11.1 Å². The number of rotatable bonds is 6. The van der Waals surface area contributed by atoms with E-state index in [0.29, 0.717) is 31.2 Å². The van der Waals surface area contributed by atoms with Crippen molar-refractivity contribution in [3.8, 4) is 0 Å². The van der Waals surface area contributed by atoms with Crippen LogP contribution >= 0.6 is 24.0 Å². The van der Waals surface area contributed by atoms with E-state index in [1.54, 1.807) is 25.2 Å². The van der Waals surface area contributed by atoms with Gasteiger partial charge in [-0.2, -0.15) is 0 Å². The first-order valence-electron chi connectivity index (χ1n) is 8.23. The minimum Gasteiger partial charge on any atom is -0.453 e. The maximum atomic E-state index is 13.2. The monoisotopic (exact) mass is 486 g/mol. The number of carbonyl (C=O) groups is 1. The second-order valence-electron chi connectivity index (χ2n) is 5.55. The van der Waals surface area contributed by atoms with Crippen LogP contribution in [0.1, 0.15) is 11.1 Å². The normalized spacial score (nSPS) is 10.6. The van der Waals surface area contributed by atoms with E-state index >= 15 is 0 Å². The third kappa shape index (κ3) is 8.25. The summed E-state index contributed by atoms with van der Waals surface area (Å²) < 4.78 is 17.7. The Bertz CT molecular complexity index is 754. The lowest BCUT2D eigenvalue weighted by atomic mass is 10.1. The molecule has 0 saturated carbocycles. The third-order valence-corrected chi connectivity index (χ3v) is 3.66. The van der Waals surface area contributed by atoms with Crippen LogP contribution < -0.4 is 16.0 Å². The molecule has 0 heterocycles. The predicted octanol–water partition coefficient (Wildman–Crippen LogP) is 3.53. The number of aliphatic imine (C=N–C) groups is 1. The molecule has 8 heteroatoms. The summed E-state index contributed by atoms with van der Waals surface area (Å²) in [4.78, 5) is 15.3. The standard InChI is InChI=1S/C19H23FN4O2.HI/c1-21-18(22-11-10-14-4-3-5-16(20)12-14)23-13-15-6-8-17(9-7-15)24-19(25)26-2;/h3-9,12H,10-11,13H2,1-2H3,(H,24,25)(H2,21,22,23);1H. The van der Waals surface area contributed by atoms with Crippen LogP contribution in [0, 0.1) is 5.82 Å². The molecule has 0 bridgehead atoms. The number of nitrogens with one attached hydrogen (secondary N) is 3. The largest absolute Gasteiger partial charge is 0.453 e. The molecule has 0 radical (unpaired) electrons. The number of methoxy groups -OCH3 is 1. The molecule has 0 aliphatic carbocycles. The Morgan fingerprint density at radius 1 is 1.11 bits per heavy atom. The molecular weight excluding hydrogens is 462 g/mol. The van der Waals surface area contributed by atoms with Gasteiger partial charge in [0.1, 0.15) is 5.82 Å². The molecule has 0 aliphatic heterocycles. The smallest absolute Gasteiger partial charge is 0.411 e. The van der Waals surface area contributed by atoms with Crippen LogP contribution in [-0.4, -0.2) is 32.8 Å². The molecule has 2 rings (SSSR count). The number of hydrogen-bond donors (Lipinski definition) is 3. The van der Waals surface area contributed by atoms with Gasteiger partial charge in [0.25, 0.3) is 0 Å². The zero-order chi connectivity index (χ0) is 18.8. The van der Waals surface area contributed by atoms with Crippen molar-refractivity contribution in [3.05, 3.63) is 65.5 Å². The Labute approximate surface area is 175 Å². The van der Waals surface area contributed by atoms with Crippen LogP contribution in [0.2, 0.25) is 0 Å². The van der Waals surface area contributed by atoms with Gasteiger partial charge in [-0.1, -0.05) is 24.3 Å².